The number of piperidine rings is 1. The molecule has 0 radical (unpaired) electrons. The number of hydrogen-bond acceptors (Lipinski definition) is 5. The van der Waals surface area contributed by atoms with Gasteiger partial charge in [-0.2, -0.15) is 0 Å². The molecule has 0 aromatic carbocycles. The second-order valence-electron chi connectivity index (χ2n) is 5.35. The Morgan fingerprint density at radius 3 is 2.67 bits per heavy atom. The quantitative estimate of drug-likeness (QED) is 0.675. The molecule has 2 saturated heterocycles. The van der Waals surface area contributed by atoms with Gasteiger partial charge in [0.05, 0.1) is 25.7 Å². The van der Waals surface area contributed by atoms with E-state index in [4.69, 9.17) is 9.47 Å². The molecular weight excluding hydrogens is 232 g/mol. The van der Waals surface area contributed by atoms with Crippen LogP contribution in [0.3, 0.4) is 0 Å². The van der Waals surface area contributed by atoms with Crippen LogP contribution in [0.2, 0.25) is 0 Å². The van der Waals surface area contributed by atoms with E-state index in [0.717, 1.165) is 52.2 Å². The highest BCUT2D eigenvalue weighted by molar-refractivity contribution is 5.72. The van der Waals surface area contributed by atoms with E-state index < -0.39 is 0 Å². The molecule has 0 bridgehead atoms. The normalized spacial score (nSPS) is 28.2. The molecule has 0 aliphatic carbocycles. The van der Waals surface area contributed by atoms with Gasteiger partial charge >= 0.3 is 5.97 Å². The SMILES string of the molecule is COC(=O)C1CCN(CC2CN(C)CCO2)CC1. The Labute approximate surface area is 109 Å². The number of carbonyl (C=O) groups is 1. The predicted octanol–water partition coefficient (Wildman–Crippen LogP) is 0.202. The number of rotatable bonds is 3. The van der Waals surface area contributed by atoms with Gasteiger partial charge in [0, 0.05) is 19.6 Å². The lowest BCUT2D eigenvalue weighted by molar-refractivity contribution is -0.147. The fraction of sp³-hybridized carbons (Fsp3) is 0.923. The van der Waals surface area contributed by atoms with Crippen LogP contribution >= 0.6 is 0 Å². The second-order valence-corrected chi connectivity index (χ2v) is 5.35. The minimum atomic E-state index is -0.0525. The van der Waals surface area contributed by atoms with Crippen molar-refractivity contribution in [1.29, 1.82) is 0 Å². The van der Waals surface area contributed by atoms with Gasteiger partial charge in [-0.1, -0.05) is 0 Å². The third kappa shape index (κ3) is 3.67. The van der Waals surface area contributed by atoms with Crippen LogP contribution in [0.25, 0.3) is 0 Å². The minimum Gasteiger partial charge on any atom is -0.469 e. The molecule has 5 nitrogen and oxygen atoms in total. The molecule has 2 fully saturated rings. The van der Waals surface area contributed by atoms with Crippen LogP contribution in [-0.4, -0.2) is 75.4 Å². The lowest BCUT2D eigenvalue weighted by Gasteiger charge is -2.36. The zero-order valence-electron chi connectivity index (χ0n) is 11.4. The van der Waals surface area contributed by atoms with Crippen LogP contribution in [0, 0.1) is 5.92 Å². The summed E-state index contributed by atoms with van der Waals surface area (Å²) in [7, 11) is 3.61. The maximum absolute atomic E-state index is 11.4. The topological polar surface area (TPSA) is 42.0 Å². The van der Waals surface area contributed by atoms with Crippen molar-refractivity contribution >= 4 is 5.97 Å². The highest BCUT2D eigenvalue weighted by Crippen LogP contribution is 2.19. The molecule has 0 N–H and O–H groups in total. The summed E-state index contributed by atoms with van der Waals surface area (Å²) in [5.74, 6) is 0.0458. The molecule has 2 aliphatic rings. The first-order valence-corrected chi connectivity index (χ1v) is 6.79. The predicted molar refractivity (Wildman–Crippen MR) is 68.4 cm³/mol. The molecule has 0 aromatic rings. The number of nitrogens with zero attached hydrogens (tertiary/aromatic N) is 2. The van der Waals surface area contributed by atoms with Gasteiger partial charge in [-0.05, 0) is 33.0 Å². The molecule has 1 unspecified atom stereocenters. The average Bonchev–Trinajstić information content (AvgIpc) is 2.39. The van der Waals surface area contributed by atoms with E-state index in [1.54, 1.807) is 0 Å². The summed E-state index contributed by atoms with van der Waals surface area (Å²) < 4.78 is 10.6. The molecule has 104 valence electrons. The molecule has 2 aliphatic heterocycles. The van der Waals surface area contributed by atoms with Gasteiger partial charge in [0.25, 0.3) is 0 Å². The Bertz CT molecular complexity index is 277. The number of esters is 1. The summed E-state index contributed by atoms with van der Waals surface area (Å²) in [6.45, 7) is 5.81. The average molecular weight is 256 g/mol. The molecule has 0 spiro atoms. The van der Waals surface area contributed by atoms with Crippen molar-refractivity contribution in [2.45, 2.75) is 18.9 Å². The van der Waals surface area contributed by atoms with E-state index in [0.29, 0.717) is 6.10 Å². The summed E-state index contributed by atoms with van der Waals surface area (Å²) in [6.07, 6.45) is 2.14. The number of ether oxygens (including phenoxy) is 2. The summed E-state index contributed by atoms with van der Waals surface area (Å²) in [4.78, 5) is 16.2. The van der Waals surface area contributed by atoms with E-state index in [1.807, 2.05) is 0 Å². The van der Waals surface area contributed by atoms with Crippen LogP contribution in [0.5, 0.6) is 0 Å². The molecule has 18 heavy (non-hydrogen) atoms. The van der Waals surface area contributed by atoms with E-state index >= 15 is 0 Å². The minimum absolute atomic E-state index is 0.0525. The van der Waals surface area contributed by atoms with Gasteiger partial charge in [-0.3, -0.25) is 4.79 Å². The fourth-order valence-corrected chi connectivity index (χ4v) is 2.78. The second kappa shape index (κ2) is 6.50. The standard InChI is InChI=1S/C13H24N2O3/c1-14-7-8-18-12(9-14)10-15-5-3-11(4-6-15)13(16)17-2/h11-12H,3-10H2,1-2H3. The van der Waals surface area contributed by atoms with E-state index in [9.17, 15) is 4.79 Å². The number of morpholine rings is 1. The zero-order chi connectivity index (χ0) is 13.0. The Hall–Kier alpha value is -0.650. The molecule has 0 amide bonds. The molecule has 5 heteroatoms. The number of methoxy groups -OCH3 is 1. The van der Waals surface area contributed by atoms with Gasteiger partial charge in [0.15, 0.2) is 0 Å². The molecule has 2 heterocycles. The first-order valence-electron chi connectivity index (χ1n) is 6.79. The first-order chi connectivity index (χ1) is 8.69. The van der Waals surface area contributed by atoms with Crippen molar-refractivity contribution in [3.8, 4) is 0 Å². The summed E-state index contributed by atoms with van der Waals surface area (Å²) in [5.41, 5.74) is 0. The maximum atomic E-state index is 11.4. The highest BCUT2D eigenvalue weighted by atomic mass is 16.5. The van der Waals surface area contributed by atoms with Gasteiger partial charge in [-0.15, -0.1) is 0 Å². The fourth-order valence-electron chi connectivity index (χ4n) is 2.78. The largest absolute Gasteiger partial charge is 0.469 e. The monoisotopic (exact) mass is 256 g/mol. The van der Waals surface area contributed by atoms with Crippen LogP contribution < -0.4 is 0 Å². The van der Waals surface area contributed by atoms with Crippen LogP contribution in [-0.2, 0) is 14.3 Å². The van der Waals surface area contributed by atoms with Gasteiger partial charge in [-0.25, -0.2) is 0 Å². The van der Waals surface area contributed by atoms with Crippen molar-refractivity contribution in [2.75, 3.05) is 53.5 Å². The lowest BCUT2D eigenvalue weighted by atomic mass is 9.97. The third-order valence-electron chi connectivity index (χ3n) is 3.93. The van der Waals surface area contributed by atoms with E-state index in [-0.39, 0.29) is 11.9 Å². The summed E-state index contributed by atoms with van der Waals surface area (Å²) >= 11 is 0. The van der Waals surface area contributed by atoms with Crippen molar-refractivity contribution in [3.05, 3.63) is 0 Å². The Balaban J connectivity index is 1.71. The van der Waals surface area contributed by atoms with Crippen molar-refractivity contribution < 1.29 is 14.3 Å². The molecule has 0 aromatic heterocycles. The number of likely N-dealkylation sites (N-methyl/N-ethyl adjacent to an activating group) is 1. The Kier molecular flexibility index (Phi) is 4.97. The van der Waals surface area contributed by atoms with Gasteiger partial charge in [0.1, 0.15) is 0 Å². The molecular formula is C13H24N2O3. The van der Waals surface area contributed by atoms with Crippen molar-refractivity contribution in [3.63, 3.8) is 0 Å². The Morgan fingerprint density at radius 2 is 2.06 bits per heavy atom. The Morgan fingerprint density at radius 1 is 1.33 bits per heavy atom. The number of carbonyl (C=O) groups excluding carboxylic acids is 1. The molecule has 2 rings (SSSR count). The first kappa shape index (κ1) is 13.8. The zero-order valence-corrected chi connectivity index (χ0v) is 11.4. The number of hydrogen-bond donors (Lipinski definition) is 0. The van der Waals surface area contributed by atoms with E-state index in [2.05, 4.69) is 16.8 Å². The molecule has 0 saturated carbocycles. The summed E-state index contributed by atoms with van der Waals surface area (Å²) in [6, 6.07) is 0. The third-order valence-corrected chi connectivity index (χ3v) is 3.93. The van der Waals surface area contributed by atoms with E-state index in [1.165, 1.54) is 7.11 Å². The van der Waals surface area contributed by atoms with Crippen LogP contribution in [0.4, 0.5) is 0 Å². The van der Waals surface area contributed by atoms with Crippen molar-refractivity contribution in [1.82, 2.24) is 9.80 Å². The molecule has 1 atom stereocenters. The van der Waals surface area contributed by atoms with Crippen LogP contribution in [0.1, 0.15) is 12.8 Å². The van der Waals surface area contributed by atoms with Gasteiger partial charge < -0.3 is 19.3 Å². The van der Waals surface area contributed by atoms with Gasteiger partial charge in [0.2, 0.25) is 0 Å². The highest BCUT2D eigenvalue weighted by Gasteiger charge is 2.28. The smallest absolute Gasteiger partial charge is 0.308 e. The maximum Gasteiger partial charge on any atom is 0.308 e. The lowest BCUT2D eigenvalue weighted by Crippen LogP contribution is -2.48. The number of likely N-dealkylation sites (tertiary alicyclic amines) is 1. The summed E-state index contributed by atoms with van der Waals surface area (Å²) in [5, 5.41) is 0. The van der Waals surface area contributed by atoms with Crippen molar-refractivity contribution in [2.24, 2.45) is 5.92 Å². The van der Waals surface area contributed by atoms with Crippen LogP contribution in [0.15, 0.2) is 0 Å².